The Morgan fingerprint density at radius 2 is 2.43 bits per heavy atom. The van der Waals surface area contributed by atoms with Crippen LogP contribution in [0, 0.1) is 0 Å². The fourth-order valence-corrected chi connectivity index (χ4v) is 0.553. The molecule has 0 aromatic heterocycles. The molecule has 0 atom stereocenters. The third kappa shape index (κ3) is 5.89. The van der Waals surface area contributed by atoms with Crippen LogP contribution in [0.5, 0.6) is 0 Å². The molecule has 0 aliphatic carbocycles. The summed E-state index contributed by atoms with van der Waals surface area (Å²) in [6.07, 6.45) is 0. The van der Waals surface area contributed by atoms with Crippen molar-refractivity contribution in [3.63, 3.8) is 0 Å². The Balaban J connectivity index is 3.25. The summed E-state index contributed by atoms with van der Waals surface area (Å²) in [5.74, 6) is 0. The molecule has 0 rings (SSSR count). The van der Waals surface area contributed by atoms with E-state index in [0.717, 1.165) is 0 Å². The van der Waals surface area contributed by atoms with Gasteiger partial charge in [0.15, 0.2) is 0 Å². The topological polar surface area (TPSA) is 0 Å². The van der Waals surface area contributed by atoms with Gasteiger partial charge >= 0.3 is 0 Å². The average Bonchev–Trinajstić information content (AvgIpc) is 1.61. The van der Waals surface area contributed by atoms with Gasteiger partial charge in [-0.05, 0) is 10.8 Å². The van der Waals surface area contributed by atoms with Gasteiger partial charge in [-0.3, -0.25) is 0 Å². The van der Waals surface area contributed by atoms with Crippen LogP contribution >= 0.6 is 11.8 Å². The molecule has 0 amide bonds. The average molecular weight is 112 g/mol. The second-order valence-corrected chi connectivity index (χ2v) is 2.34. The van der Waals surface area contributed by atoms with Gasteiger partial charge in [0.25, 0.3) is 0 Å². The SMILES string of the molecule is B/C(C)=C/SC=C. The summed E-state index contributed by atoms with van der Waals surface area (Å²) in [5, 5.41) is 3.88. The maximum absolute atomic E-state index is 3.55. The van der Waals surface area contributed by atoms with Crippen molar-refractivity contribution < 1.29 is 0 Å². The molecule has 0 aromatic carbocycles. The van der Waals surface area contributed by atoms with Crippen LogP contribution in [0.2, 0.25) is 0 Å². The molecule has 0 N–H and O–H groups in total. The minimum Gasteiger partial charge on any atom is -0.108 e. The molecule has 0 aliphatic rings. The highest BCUT2D eigenvalue weighted by atomic mass is 32.2. The Labute approximate surface area is 50.1 Å². The molecular weight excluding hydrogens is 103 g/mol. The fraction of sp³-hybridized carbons (Fsp3) is 0.200. The molecule has 7 heavy (non-hydrogen) atoms. The Bertz CT molecular complexity index is 82.1. The van der Waals surface area contributed by atoms with E-state index < -0.39 is 0 Å². The molecule has 0 radical (unpaired) electrons. The van der Waals surface area contributed by atoms with Crippen molar-refractivity contribution in [1.29, 1.82) is 0 Å². The van der Waals surface area contributed by atoms with Gasteiger partial charge in [-0.25, -0.2) is 0 Å². The lowest BCUT2D eigenvalue weighted by atomic mass is 10.0. The van der Waals surface area contributed by atoms with Crippen molar-refractivity contribution in [2.24, 2.45) is 0 Å². The lowest BCUT2D eigenvalue weighted by molar-refractivity contribution is 1.71. The van der Waals surface area contributed by atoms with E-state index in [-0.39, 0.29) is 0 Å². The minimum absolute atomic E-state index is 1.32. The molecule has 38 valence electrons. The van der Waals surface area contributed by atoms with E-state index >= 15 is 0 Å². The summed E-state index contributed by atoms with van der Waals surface area (Å²) in [6.45, 7) is 5.62. The van der Waals surface area contributed by atoms with Crippen LogP contribution in [0.1, 0.15) is 6.92 Å². The molecular formula is C5H9BS. The van der Waals surface area contributed by atoms with Crippen molar-refractivity contribution >= 4 is 19.6 Å². The second-order valence-electron chi connectivity index (χ2n) is 1.50. The first kappa shape index (κ1) is 6.89. The summed E-state index contributed by atoms with van der Waals surface area (Å²) in [6, 6.07) is 0. The molecule has 0 nitrogen and oxygen atoms in total. The van der Waals surface area contributed by atoms with E-state index in [1.807, 2.05) is 5.41 Å². The van der Waals surface area contributed by atoms with Gasteiger partial charge in [-0.15, -0.1) is 17.2 Å². The summed E-state index contributed by atoms with van der Waals surface area (Å²) >= 11 is 1.62. The van der Waals surface area contributed by atoms with Crippen LogP contribution in [0.15, 0.2) is 22.9 Å². The van der Waals surface area contributed by atoms with Crippen molar-refractivity contribution in [2.75, 3.05) is 0 Å². The fourth-order valence-electron chi connectivity index (χ4n) is 0.184. The van der Waals surface area contributed by atoms with Crippen LogP contribution < -0.4 is 0 Å². The third-order valence-electron chi connectivity index (χ3n) is 0.400. The highest BCUT2D eigenvalue weighted by Gasteiger charge is 1.70. The molecule has 0 saturated heterocycles. The van der Waals surface area contributed by atoms with Gasteiger partial charge in [0.2, 0.25) is 0 Å². The number of hydrogen-bond donors (Lipinski definition) is 0. The Morgan fingerprint density at radius 3 is 2.57 bits per heavy atom. The molecule has 2 heteroatoms. The monoisotopic (exact) mass is 112 g/mol. The zero-order valence-electron chi connectivity index (χ0n) is 4.77. The molecule has 0 unspecified atom stereocenters. The van der Waals surface area contributed by atoms with Crippen molar-refractivity contribution in [1.82, 2.24) is 0 Å². The first-order chi connectivity index (χ1) is 3.27. The van der Waals surface area contributed by atoms with Crippen molar-refractivity contribution in [3.05, 3.63) is 22.9 Å². The predicted molar refractivity (Wildman–Crippen MR) is 40.1 cm³/mol. The van der Waals surface area contributed by atoms with Gasteiger partial charge < -0.3 is 0 Å². The maximum Gasteiger partial charge on any atom is 0.134 e. The van der Waals surface area contributed by atoms with E-state index in [1.54, 1.807) is 11.8 Å². The molecule has 0 fully saturated rings. The molecule has 0 bridgehead atoms. The van der Waals surface area contributed by atoms with Gasteiger partial charge in [-0.2, -0.15) is 0 Å². The lowest BCUT2D eigenvalue weighted by Crippen LogP contribution is -1.63. The quantitative estimate of drug-likeness (QED) is 0.486. The van der Waals surface area contributed by atoms with E-state index in [2.05, 4.69) is 26.8 Å². The number of rotatable bonds is 2. The third-order valence-corrected chi connectivity index (χ3v) is 1.20. The minimum atomic E-state index is 1.32. The Hall–Kier alpha value is -0.105. The first-order valence-corrected chi connectivity index (χ1v) is 3.11. The van der Waals surface area contributed by atoms with E-state index in [1.165, 1.54) is 5.47 Å². The van der Waals surface area contributed by atoms with Gasteiger partial charge in [0.05, 0.1) is 0 Å². The molecule has 0 aliphatic heterocycles. The van der Waals surface area contributed by atoms with Crippen molar-refractivity contribution in [2.45, 2.75) is 6.92 Å². The summed E-state index contributed by atoms with van der Waals surface area (Å²) < 4.78 is 0. The van der Waals surface area contributed by atoms with Crippen LogP contribution in [-0.4, -0.2) is 7.85 Å². The first-order valence-electron chi connectivity index (χ1n) is 2.17. The van der Waals surface area contributed by atoms with E-state index in [9.17, 15) is 0 Å². The Kier molecular flexibility index (Phi) is 4.00. The zero-order valence-corrected chi connectivity index (χ0v) is 5.59. The Morgan fingerprint density at radius 1 is 1.86 bits per heavy atom. The summed E-state index contributed by atoms with van der Waals surface area (Å²) in [7, 11) is 2.07. The maximum atomic E-state index is 3.55. The largest absolute Gasteiger partial charge is 0.134 e. The van der Waals surface area contributed by atoms with Crippen LogP contribution in [0.4, 0.5) is 0 Å². The smallest absolute Gasteiger partial charge is 0.108 e. The number of thioether (sulfide) groups is 1. The highest BCUT2D eigenvalue weighted by Crippen LogP contribution is 2.03. The second kappa shape index (κ2) is 4.06. The van der Waals surface area contributed by atoms with Crippen LogP contribution in [-0.2, 0) is 0 Å². The number of hydrogen-bond acceptors (Lipinski definition) is 1. The standard InChI is InChI=1S/C5H9BS/c1-3-7-4-5(2)6/h3-4H,1,6H2,2H3/b5-4+. The molecule has 0 heterocycles. The van der Waals surface area contributed by atoms with Gasteiger partial charge in [-0.1, -0.05) is 13.5 Å². The van der Waals surface area contributed by atoms with Crippen LogP contribution in [0.3, 0.4) is 0 Å². The van der Waals surface area contributed by atoms with Crippen molar-refractivity contribution in [3.8, 4) is 0 Å². The summed E-state index contributed by atoms with van der Waals surface area (Å²) in [5.41, 5.74) is 1.32. The predicted octanol–water partition coefficient (Wildman–Crippen LogP) is 1.36. The van der Waals surface area contributed by atoms with Gasteiger partial charge in [0.1, 0.15) is 7.85 Å². The highest BCUT2D eigenvalue weighted by molar-refractivity contribution is 8.04. The number of allylic oxidation sites excluding steroid dienone is 1. The summed E-state index contributed by atoms with van der Waals surface area (Å²) in [4.78, 5) is 0. The van der Waals surface area contributed by atoms with Crippen LogP contribution in [0.25, 0.3) is 0 Å². The van der Waals surface area contributed by atoms with E-state index in [0.29, 0.717) is 0 Å². The van der Waals surface area contributed by atoms with Gasteiger partial charge in [0, 0.05) is 0 Å². The molecule has 0 aromatic rings. The zero-order chi connectivity index (χ0) is 5.70. The molecule has 0 spiro atoms. The molecule has 0 saturated carbocycles. The normalized spacial score (nSPS) is 11.3. The van der Waals surface area contributed by atoms with E-state index in [4.69, 9.17) is 0 Å². The lowest BCUT2D eigenvalue weighted by Gasteiger charge is -1.81.